The van der Waals surface area contributed by atoms with Crippen LogP contribution in [0.4, 0.5) is 0 Å². The zero-order chi connectivity index (χ0) is 10.1. The molecular formula is C9H15NO3. The van der Waals surface area contributed by atoms with Crippen molar-refractivity contribution in [3.63, 3.8) is 0 Å². The average molecular weight is 185 g/mol. The van der Waals surface area contributed by atoms with Crippen molar-refractivity contribution in [3.8, 4) is 0 Å². The second kappa shape index (κ2) is 3.36. The number of amides is 1. The second-order valence-corrected chi connectivity index (χ2v) is 4.03. The molecule has 0 atom stereocenters. The second-order valence-electron chi connectivity index (χ2n) is 4.03. The van der Waals surface area contributed by atoms with Gasteiger partial charge in [-0.25, -0.2) is 4.79 Å². The van der Waals surface area contributed by atoms with Gasteiger partial charge in [0.15, 0.2) is 0 Å². The van der Waals surface area contributed by atoms with Gasteiger partial charge < -0.3 is 10.4 Å². The molecule has 4 heteroatoms. The van der Waals surface area contributed by atoms with E-state index in [0.29, 0.717) is 19.3 Å². The third-order valence-corrected chi connectivity index (χ3v) is 2.13. The van der Waals surface area contributed by atoms with Crippen molar-refractivity contribution in [2.24, 2.45) is 5.92 Å². The Morgan fingerprint density at radius 2 is 2.00 bits per heavy atom. The number of nitrogens with one attached hydrogen (secondary N) is 1. The van der Waals surface area contributed by atoms with Crippen LogP contribution in [0.2, 0.25) is 0 Å². The quantitative estimate of drug-likeness (QED) is 0.679. The van der Waals surface area contributed by atoms with E-state index in [2.05, 4.69) is 5.32 Å². The molecule has 0 aromatic heterocycles. The summed E-state index contributed by atoms with van der Waals surface area (Å²) < 4.78 is 0. The van der Waals surface area contributed by atoms with E-state index in [-0.39, 0.29) is 11.8 Å². The summed E-state index contributed by atoms with van der Waals surface area (Å²) in [6, 6.07) is 0. The third kappa shape index (κ3) is 2.44. The van der Waals surface area contributed by atoms with Crippen molar-refractivity contribution in [2.45, 2.75) is 38.6 Å². The number of rotatable bonds is 4. The molecule has 1 fully saturated rings. The summed E-state index contributed by atoms with van der Waals surface area (Å²) >= 11 is 0. The summed E-state index contributed by atoms with van der Waals surface area (Å²) in [7, 11) is 0. The van der Waals surface area contributed by atoms with Gasteiger partial charge >= 0.3 is 5.97 Å². The van der Waals surface area contributed by atoms with Gasteiger partial charge in [0.2, 0.25) is 5.91 Å². The van der Waals surface area contributed by atoms with E-state index in [4.69, 9.17) is 5.11 Å². The van der Waals surface area contributed by atoms with Crippen molar-refractivity contribution in [2.75, 3.05) is 0 Å². The summed E-state index contributed by atoms with van der Waals surface area (Å²) in [4.78, 5) is 21.9. The molecule has 0 aromatic rings. The van der Waals surface area contributed by atoms with Crippen molar-refractivity contribution in [1.29, 1.82) is 0 Å². The summed E-state index contributed by atoms with van der Waals surface area (Å²) in [6.07, 6.45) is 1.52. The normalized spacial score (nSPS) is 18.4. The highest BCUT2D eigenvalue weighted by molar-refractivity contribution is 5.89. The Balaban J connectivity index is 2.40. The summed E-state index contributed by atoms with van der Waals surface area (Å²) in [6.45, 7) is 3.86. The van der Waals surface area contributed by atoms with Crippen LogP contribution < -0.4 is 5.32 Å². The Bertz CT molecular complexity index is 231. The number of hydrogen-bond acceptors (Lipinski definition) is 2. The molecule has 1 aliphatic rings. The third-order valence-electron chi connectivity index (χ3n) is 2.13. The maximum atomic E-state index is 11.2. The number of carbonyl (C=O) groups excluding carboxylic acids is 1. The number of aliphatic carboxylic acids is 1. The first-order valence-electron chi connectivity index (χ1n) is 4.51. The first kappa shape index (κ1) is 10.0. The van der Waals surface area contributed by atoms with Crippen molar-refractivity contribution < 1.29 is 14.7 Å². The highest BCUT2D eigenvalue weighted by atomic mass is 16.4. The van der Waals surface area contributed by atoms with Crippen LogP contribution in [0.5, 0.6) is 0 Å². The van der Waals surface area contributed by atoms with Crippen LogP contribution in [-0.2, 0) is 9.59 Å². The predicted molar refractivity (Wildman–Crippen MR) is 47.2 cm³/mol. The van der Waals surface area contributed by atoms with Crippen molar-refractivity contribution in [1.82, 2.24) is 5.32 Å². The standard InChI is InChI=1S/C9H15NO3/c1-6(2)5-7(11)10-9(3-4-9)8(12)13/h6H,3-5H2,1-2H3,(H,10,11)(H,12,13). The lowest BCUT2D eigenvalue weighted by Gasteiger charge is -2.13. The molecule has 0 unspecified atom stereocenters. The minimum Gasteiger partial charge on any atom is -0.480 e. The Labute approximate surface area is 77.3 Å². The number of carbonyl (C=O) groups is 2. The van der Waals surface area contributed by atoms with Gasteiger partial charge in [-0.1, -0.05) is 13.8 Å². The average Bonchev–Trinajstić information content (AvgIpc) is 2.66. The van der Waals surface area contributed by atoms with Gasteiger partial charge in [0.05, 0.1) is 0 Å². The molecule has 0 aliphatic heterocycles. The predicted octanol–water partition coefficient (Wildman–Crippen LogP) is 0.766. The van der Waals surface area contributed by atoms with Gasteiger partial charge in [-0.15, -0.1) is 0 Å². The molecule has 0 saturated heterocycles. The Morgan fingerprint density at radius 1 is 1.46 bits per heavy atom. The van der Waals surface area contributed by atoms with Gasteiger partial charge in [0.1, 0.15) is 5.54 Å². The van der Waals surface area contributed by atoms with Crippen LogP contribution >= 0.6 is 0 Å². The van der Waals surface area contributed by atoms with Gasteiger partial charge in [-0.2, -0.15) is 0 Å². The minimum absolute atomic E-state index is 0.157. The molecule has 0 radical (unpaired) electrons. The van der Waals surface area contributed by atoms with Crippen LogP contribution in [0, 0.1) is 5.92 Å². The van der Waals surface area contributed by atoms with Crippen LogP contribution in [0.25, 0.3) is 0 Å². The molecular weight excluding hydrogens is 170 g/mol. The zero-order valence-corrected chi connectivity index (χ0v) is 7.96. The molecule has 1 saturated carbocycles. The van der Waals surface area contributed by atoms with Gasteiger partial charge in [-0.3, -0.25) is 4.79 Å². The van der Waals surface area contributed by atoms with Gasteiger partial charge in [-0.05, 0) is 18.8 Å². The van der Waals surface area contributed by atoms with Gasteiger partial charge in [0, 0.05) is 6.42 Å². The Morgan fingerprint density at radius 3 is 2.31 bits per heavy atom. The van der Waals surface area contributed by atoms with Crippen molar-refractivity contribution in [3.05, 3.63) is 0 Å². The fourth-order valence-electron chi connectivity index (χ4n) is 1.21. The first-order valence-corrected chi connectivity index (χ1v) is 4.51. The smallest absolute Gasteiger partial charge is 0.329 e. The number of carboxylic acid groups (broad SMARTS) is 1. The highest BCUT2D eigenvalue weighted by Crippen LogP contribution is 2.35. The van der Waals surface area contributed by atoms with Gasteiger partial charge in [0.25, 0.3) is 0 Å². The number of carboxylic acids is 1. The molecule has 0 aromatic carbocycles. The lowest BCUT2D eigenvalue weighted by atomic mass is 10.1. The van der Waals surface area contributed by atoms with Crippen molar-refractivity contribution >= 4 is 11.9 Å². The minimum atomic E-state index is -0.925. The van der Waals surface area contributed by atoms with Crippen LogP contribution in [0.1, 0.15) is 33.1 Å². The van der Waals surface area contributed by atoms with E-state index in [0.717, 1.165) is 0 Å². The van der Waals surface area contributed by atoms with E-state index in [1.54, 1.807) is 0 Å². The molecule has 1 amide bonds. The van der Waals surface area contributed by atoms with Crippen LogP contribution in [0.15, 0.2) is 0 Å². The lowest BCUT2D eigenvalue weighted by molar-refractivity contribution is -0.143. The molecule has 2 N–H and O–H groups in total. The molecule has 1 rings (SSSR count). The largest absolute Gasteiger partial charge is 0.480 e. The highest BCUT2D eigenvalue weighted by Gasteiger charge is 2.51. The van der Waals surface area contributed by atoms with E-state index >= 15 is 0 Å². The van der Waals surface area contributed by atoms with E-state index in [1.807, 2.05) is 13.8 Å². The zero-order valence-electron chi connectivity index (χ0n) is 7.96. The molecule has 1 aliphatic carbocycles. The first-order chi connectivity index (χ1) is 5.96. The van der Waals surface area contributed by atoms with Crippen LogP contribution in [-0.4, -0.2) is 22.5 Å². The fourth-order valence-corrected chi connectivity index (χ4v) is 1.21. The lowest BCUT2D eigenvalue weighted by Crippen LogP contribution is -2.43. The topological polar surface area (TPSA) is 66.4 Å². The Kier molecular flexibility index (Phi) is 2.59. The monoisotopic (exact) mass is 185 g/mol. The summed E-state index contributed by atoms with van der Waals surface area (Å²) in [5, 5.41) is 11.3. The maximum absolute atomic E-state index is 11.2. The SMILES string of the molecule is CC(C)CC(=O)NC1(C(=O)O)CC1. The molecule has 0 bridgehead atoms. The van der Waals surface area contributed by atoms with Crippen LogP contribution in [0.3, 0.4) is 0 Å². The van der Waals surface area contributed by atoms with E-state index in [9.17, 15) is 9.59 Å². The van der Waals surface area contributed by atoms with E-state index in [1.165, 1.54) is 0 Å². The molecule has 4 nitrogen and oxygen atoms in total. The van der Waals surface area contributed by atoms with E-state index < -0.39 is 11.5 Å². The summed E-state index contributed by atoms with van der Waals surface area (Å²) in [5.74, 6) is -0.802. The fraction of sp³-hybridized carbons (Fsp3) is 0.778. The number of hydrogen-bond donors (Lipinski definition) is 2. The molecule has 0 heterocycles. The maximum Gasteiger partial charge on any atom is 0.329 e. The Hall–Kier alpha value is -1.06. The molecule has 13 heavy (non-hydrogen) atoms. The molecule has 74 valence electrons. The molecule has 0 spiro atoms. The summed E-state index contributed by atoms with van der Waals surface area (Å²) in [5.41, 5.74) is -0.925.